The van der Waals surface area contributed by atoms with Crippen LogP contribution in [0.5, 0.6) is 0 Å². The van der Waals surface area contributed by atoms with E-state index in [-0.39, 0.29) is 11.1 Å². The van der Waals surface area contributed by atoms with Gasteiger partial charge in [-0.3, -0.25) is 4.57 Å². The molecular formula is C15H16N2O3. The summed E-state index contributed by atoms with van der Waals surface area (Å²) in [6, 6.07) is 5.66. The van der Waals surface area contributed by atoms with Crippen LogP contribution in [0, 0.1) is 18.3 Å². The molecule has 0 spiro atoms. The average Bonchev–Trinajstić information content (AvgIpc) is 3.05. The van der Waals surface area contributed by atoms with E-state index in [1.165, 1.54) is 0 Å². The predicted octanol–water partition coefficient (Wildman–Crippen LogP) is 3.21. The molecule has 2 heterocycles. The number of aromatic nitrogens is 1. The van der Waals surface area contributed by atoms with Gasteiger partial charge >= 0.3 is 5.97 Å². The second-order valence-electron chi connectivity index (χ2n) is 4.40. The lowest BCUT2D eigenvalue weighted by Gasteiger charge is -2.02. The molecule has 5 nitrogen and oxygen atoms in total. The van der Waals surface area contributed by atoms with Crippen molar-refractivity contribution < 1.29 is 13.9 Å². The zero-order chi connectivity index (χ0) is 14.5. The van der Waals surface area contributed by atoms with Gasteiger partial charge in [-0.25, -0.2) is 4.79 Å². The lowest BCUT2D eigenvalue weighted by atomic mass is 10.1. The highest BCUT2D eigenvalue weighted by Gasteiger charge is 2.25. The van der Waals surface area contributed by atoms with Crippen molar-refractivity contribution >= 4 is 5.97 Å². The third kappa shape index (κ3) is 2.59. The lowest BCUT2D eigenvalue weighted by Crippen LogP contribution is -2.08. The van der Waals surface area contributed by atoms with Crippen LogP contribution in [0.1, 0.15) is 41.4 Å². The Labute approximate surface area is 117 Å². The molecule has 0 amide bonds. The van der Waals surface area contributed by atoms with E-state index in [2.05, 4.69) is 0 Å². The Morgan fingerprint density at radius 3 is 2.75 bits per heavy atom. The van der Waals surface area contributed by atoms with Crippen LogP contribution in [-0.4, -0.2) is 17.1 Å². The normalized spacial score (nSPS) is 10.2. The maximum atomic E-state index is 12.1. The van der Waals surface area contributed by atoms with Crippen molar-refractivity contribution in [3.05, 3.63) is 41.4 Å². The number of unbranched alkanes of at least 4 members (excludes halogenated alkanes) is 1. The molecule has 0 N–H and O–H groups in total. The van der Waals surface area contributed by atoms with Crippen LogP contribution in [0.25, 0.3) is 5.88 Å². The Kier molecular flexibility index (Phi) is 4.26. The van der Waals surface area contributed by atoms with Crippen LogP contribution in [0.4, 0.5) is 0 Å². The molecule has 0 unspecified atom stereocenters. The fraction of sp³-hybridized carbons (Fsp3) is 0.333. The highest BCUT2D eigenvalue weighted by atomic mass is 16.5. The predicted molar refractivity (Wildman–Crippen MR) is 72.7 cm³/mol. The fourth-order valence-electron chi connectivity index (χ4n) is 1.91. The van der Waals surface area contributed by atoms with E-state index in [9.17, 15) is 10.1 Å². The van der Waals surface area contributed by atoms with Crippen molar-refractivity contribution in [3.8, 4) is 12.0 Å². The number of nitrogens with zero attached hydrogens (tertiary/aromatic N) is 2. The first-order chi connectivity index (χ1) is 9.69. The molecule has 0 aliphatic heterocycles. The summed E-state index contributed by atoms with van der Waals surface area (Å²) in [7, 11) is 0. The Morgan fingerprint density at radius 1 is 1.45 bits per heavy atom. The van der Waals surface area contributed by atoms with Crippen molar-refractivity contribution in [2.24, 2.45) is 0 Å². The van der Waals surface area contributed by atoms with Crippen molar-refractivity contribution in [2.75, 3.05) is 6.61 Å². The summed E-state index contributed by atoms with van der Waals surface area (Å²) in [5, 5.41) is 9.30. The molecule has 0 aliphatic rings. The van der Waals surface area contributed by atoms with Gasteiger partial charge in [0.1, 0.15) is 23.0 Å². The number of hydrogen-bond acceptors (Lipinski definition) is 4. The maximum Gasteiger partial charge on any atom is 0.343 e. The molecule has 2 aromatic heterocycles. The van der Waals surface area contributed by atoms with Crippen LogP contribution in [0.3, 0.4) is 0 Å². The van der Waals surface area contributed by atoms with Gasteiger partial charge < -0.3 is 9.15 Å². The topological polar surface area (TPSA) is 68.2 Å². The number of ether oxygens (including phenoxy) is 1. The van der Waals surface area contributed by atoms with Gasteiger partial charge in [0, 0.05) is 12.4 Å². The van der Waals surface area contributed by atoms with Crippen LogP contribution in [0.2, 0.25) is 0 Å². The van der Waals surface area contributed by atoms with E-state index >= 15 is 0 Å². The van der Waals surface area contributed by atoms with Crippen molar-refractivity contribution in [1.29, 1.82) is 5.26 Å². The van der Waals surface area contributed by atoms with Gasteiger partial charge in [-0.15, -0.1) is 0 Å². The molecule has 0 fully saturated rings. The fourth-order valence-corrected chi connectivity index (χ4v) is 1.91. The molecule has 2 aromatic rings. The molecule has 0 bridgehead atoms. The molecule has 2 rings (SSSR count). The minimum atomic E-state index is -0.505. The van der Waals surface area contributed by atoms with E-state index < -0.39 is 5.97 Å². The number of esters is 1. The van der Waals surface area contributed by atoms with Crippen molar-refractivity contribution in [2.45, 2.75) is 26.7 Å². The smallest absolute Gasteiger partial charge is 0.343 e. The Balaban J connectivity index is 2.35. The summed E-state index contributed by atoms with van der Waals surface area (Å²) in [4.78, 5) is 12.1. The molecular weight excluding hydrogens is 256 g/mol. The van der Waals surface area contributed by atoms with Gasteiger partial charge in [-0.1, -0.05) is 13.3 Å². The number of nitriles is 1. The second kappa shape index (κ2) is 6.11. The number of furan rings is 1. The molecule has 0 aliphatic carbocycles. The summed E-state index contributed by atoms with van der Waals surface area (Å²) >= 11 is 0. The highest BCUT2D eigenvalue weighted by Crippen LogP contribution is 2.26. The number of carbonyl (C=O) groups is 1. The average molecular weight is 272 g/mol. The number of aryl methyl sites for hydroxylation is 1. The third-order valence-electron chi connectivity index (χ3n) is 2.95. The number of carbonyl (C=O) groups excluding carboxylic acids is 1. The quantitative estimate of drug-likeness (QED) is 0.619. The molecule has 0 atom stereocenters. The van der Waals surface area contributed by atoms with Crippen LogP contribution in [-0.2, 0) is 4.74 Å². The van der Waals surface area contributed by atoms with Gasteiger partial charge in [-0.2, -0.15) is 5.26 Å². The standard InChI is InChI=1S/C15H16N2O3/c1-3-4-9-19-15(18)13-11(2)20-14(12(13)10-16)17-7-5-6-8-17/h5-8H,3-4,9H2,1-2H3. The minimum absolute atomic E-state index is 0.209. The van der Waals surface area contributed by atoms with Crippen LogP contribution < -0.4 is 0 Å². The summed E-state index contributed by atoms with van der Waals surface area (Å²) in [6.07, 6.45) is 5.25. The molecule has 0 saturated carbocycles. The summed E-state index contributed by atoms with van der Waals surface area (Å²) in [5.74, 6) is 0.235. The number of hydrogen-bond donors (Lipinski definition) is 0. The Morgan fingerprint density at radius 2 is 2.15 bits per heavy atom. The lowest BCUT2D eigenvalue weighted by molar-refractivity contribution is 0.0497. The second-order valence-corrected chi connectivity index (χ2v) is 4.40. The van der Waals surface area contributed by atoms with Gasteiger partial charge in [0.15, 0.2) is 0 Å². The van der Waals surface area contributed by atoms with Gasteiger partial charge in [-0.05, 0) is 25.5 Å². The largest absolute Gasteiger partial charge is 0.462 e. The molecule has 104 valence electrons. The SMILES string of the molecule is CCCCOC(=O)c1c(C)oc(-n2cccc2)c1C#N. The highest BCUT2D eigenvalue weighted by molar-refractivity contribution is 5.94. The summed E-state index contributed by atoms with van der Waals surface area (Å²) in [6.45, 7) is 4.02. The minimum Gasteiger partial charge on any atom is -0.462 e. The zero-order valence-corrected chi connectivity index (χ0v) is 11.5. The molecule has 0 aromatic carbocycles. The van der Waals surface area contributed by atoms with E-state index in [4.69, 9.17) is 9.15 Å². The maximum absolute atomic E-state index is 12.1. The number of rotatable bonds is 5. The van der Waals surface area contributed by atoms with Crippen molar-refractivity contribution in [3.63, 3.8) is 0 Å². The monoisotopic (exact) mass is 272 g/mol. The summed E-state index contributed by atoms with van der Waals surface area (Å²) < 4.78 is 12.4. The Bertz CT molecular complexity index is 633. The van der Waals surface area contributed by atoms with E-state index in [1.807, 2.05) is 25.1 Å². The van der Waals surface area contributed by atoms with E-state index in [1.54, 1.807) is 23.9 Å². The Hall–Kier alpha value is -2.48. The third-order valence-corrected chi connectivity index (χ3v) is 2.95. The first-order valence-electron chi connectivity index (χ1n) is 6.53. The van der Waals surface area contributed by atoms with Gasteiger partial charge in [0.2, 0.25) is 5.88 Å². The van der Waals surface area contributed by atoms with Gasteiger partial charge in [0.05, 0.1) is 6.61 Å². The van der Waals surface area contributed by atoms with Crippen LogP contribution in [0.15, 0.2) is 28.9 Å². The van der Waals surface area contributed by atoms with Crippen LogP contribution >= 0.6 is 0 Å². The zero-order valence-electron chi connectivity index (χ0n) is 11.5. The van der Waals surface area contributed by atoms with Crippen molar-refractivity contribution in [1.82, 2.24) is 4.57 Å². The van der Waals surface area contributed by atoms with Gasteiger partial charge in [0.25, 0.3) is 0 Å². The first kappa shape index (κ1) is 13.9. The summed E-state index contributed by atoms with van der Waals surface area (Å²) in [5.41, 5.74) is 0.424. The first-order valence-corrected chi connectivity index (χ1v) is 6.53. The molecule has 20 heavy (non-hydrogen) atoms. The molecule has 0 saturated heterocycles. The molecule has 0 radical (unpaired) electrons. The van der Waals surface area contributed by atoms with E-state index in [0.717, 1.165) is 12.8 Å². The molecule has 5 heteroatoms. The van der Waals surface area contributed by atoms with E-state index in [0.29, 0.717) is 18.3 Å².